The van der Waals surface area contributed by atoms with Gasteiger partial charge in [0.15, 0.2) is 0 Å². The van der Waals surface area contributed by atoms with Crippen LogP contribution < -0.4 is 5.32 Å². The van der Waals surface area contributed by atoms with E-state index >= 15 is 0 Å². The van der Waals surface area contributed by atoms with Crippen molar-refractivity contribution >= 4 is 11.9 Å². The molecule has 0 aliphatic carbocycles. The largest absolute Gasteiger partial charge is 0.466 e. The molecule has 6 heteroatoms. The number of aliphatic hydroxyl groups excluding tert-OH is 2. The molecule has 0 rings (SSSR count). The molecule has 0 bridgehead atoms. The number of nitrogens with one attached hydrogen (secondary N) is 1. The van der Waals surface area contributed by atoms with Gasteiger partial charge in [-0.2, -0.15) is 0 Å². The smallest absolute Gasteiger partial charge is 0.305 e. The minimum atomic E-state index is -0.664. The van der Waals surface area contributed by atoms with Crippen LogP contribution in [-0.4, -0.2) is 47.4 Å². The molecule has 2 atom stereocenters. The molecular formula is C80H153NO5. The highest BCUT2D eigenvalue weighted by Gasteiger charge is 2.20. The summed E-state index contributed by atoms with van der Waals surface area (Å²) in [5, 5.41) is 23.4. The van der Waals surface area contributed by atoms with Crippen LogP contribution in [0.4, 0.5) is 0 Å². The molecule has 0 radical (unpaired) electrons. The van der Waals surface area contributed by atoms with Crippen molar-refractivity contribution in [3.63, 3.8) is 0 Å². The molecular weight excluding hydrogens is 1050 g/mol. The van der Waals surface area contributed by atoms with Crippen LogP contribution in [0.3, 0.4) is 0 Å². The number of amides is 1. The average Bonchev–Trinajstić information content (AvgIpc) is 3.53. The van der Waals surface area contributed by atoms with Gasteiger partial charge in [-0.3, -0.25) is 9.59 Å². The van der Waals surface area contributed by atoms with E-state index in [4.69, 9.17) is 4.74 Å². The van der Waals surface area contributed by atoms with Gasteiger partial charge < -0.3 is 20.3 Å². The van der Waals surface area contributed by atoms with Crippen LogP contribution >= 0.6 is 0 Å². The molecule has 0 aromatic rings. The van der Waals surface area contributed by atoms with Crippen molar-refractivity contribution in [1.82, 2.24) is 5.32 Å². The highest BCUT2D eigenvalue weighted by molar-refractivity contribution is 5.76. The maximum Gasteiger partial charge on any atom is 0.305 e. The van der Waals surface area contributed by atoms with Gasteiger partial charge in [-0.1, -0.05) is 378 Å². The number of ether oxygens (including phenoxy) is 1. The minimum Gasteiger partial charge on any atom is -0.466 e. The number of rotatable bonds is 74. The van der Waals surface area contributed by atoms with E-state index in [1.165, 1.54) is 353 Å². The summed E-state index contributed by atoms with van der Waals surface area (Å²) in [6.45, 7) is 4.99. The van der Waals surface area contributed by atoms with E-state index in [0.717, 1.165) is 51.4 Å². The third kappa shape index (κ3) is 71.2. The summed E-state index contributed by atoms with van der Waals surface area (Å²) < 4.78 is 5.49. The Bertz CT molecular complexity index is 1390. The molecule has 0 fully saturated rings. The van der Waals surface area contributed by atoms with E-state index < -0.39 is 12.1 Å². The van der Waals surface area contributed by atoms with Gasteiger partial charge in [0.05, 0.1) is 25.4 Å². The summed E-state index contributed by atoms with van der Waals surface area (Å²) in [4.78, 5) is 24.6. The maximum absolute atomic E-state index is 12.6. The van der Waals surface area contributed by atoms with E-state index in [2.05, 4.69) is 55.6 Å². The Morgan fingerprint density at radius 3 is 0.895 bits per heavy atom. The Hall–Kier alpha value is -1.92. The van der Waals surface area contributed by atoms with Gasteiger partial charge >= 0.3 is 5.97 Å². The summed E-state index contributed by atoms with van der Waals surface area (Å²) >= 11 is 0. The second kappa shape index (κ2) is 75.5. The van der Waals surface area contributed by atoms with E-state index in [9.17, 15) is 19.8 Å². The third-order valence-electron chi connectivity index (χ3n) is 18.4. The van der Waals surface area contributed by atoms with Gasteiger partial charge in [-0.05, 0) is 83.5 Å². The van der Waals surface area contributed by atoms with Crippen molar-refractivity contribution in [2.24, 2.45) is 0 Å². The lowest BCUT2D eigenvalue weighted by Crippen LogP contribution is -2.45. The van der Waals surface area contributed by atoms with Gasteiger partial charge in [-0.15, -0.1) is 0 Å². The quantitative estimate of drug-likeness (QED) is 0.0320. The first-order valence-electron chi connectivity index (χ1n) is 39.2. The summed E-state index contributed by atoms with van der Waals surface area (Å²) in [6, 6.07) is -0.541. The molecule has 3 N–H and O–H groups in total. The molecule has 6 nitrogen and oxygen atoms in total. The van der Waals surface area contributed by atoms with Gasteiger partial charge in [0.2, 0.25) is 5.91 Å². The molecule has 0 saturated carbocycles. The molecule has 1 amide bonds. The second-order valence-corrected chi connectivity index (χ2v) is 27.0. The van der Waals surface area contributed by atoms with Crippen molar-refractivity contribution in [2.75, 3.05) is 13.2 Å². The second-order valence-electron chi connectivity index (χ2n) is 27.0. The lowest BCUT2D eigenvalue weighted by Gasteiger charge is -2.22. The van der Waals surface area contributed by atoms with Crippen LogP contribution in [0.25, 0.3) is 0 Å². The van der Waals surface area contributed by atoms with Crippen LogP contribution in [0, 0.1) is 0 Å². The average molecular weight is 1210 g/mol. The number of aliphatic hydroxyl groups is 2. The van der Waals surface area contributed by atoms with E-state index in [1.54, 1.807) is 0 Å². The fourth-order valence-electron chi connectivity index (χ4n) is 12.4. The standard InChI is InChI=1S/C80H153NO5/c1-3-5-7-9-11-13-15-17-19-20-21-35-38-41-45-48-52-56-60-64-68-72-78(83)77(76-82)81-79(84)73-69-65-61-57-53-49-46-42-39-36-33-31-29-27-25-23-22-24-26-28-30-32-34-37-40-43-47-51-55-59-63-67-71-75-86-80(85)74-70-66-62-58-54-50-44-18-16-14-12-10-8-6-4-2/h18,26,28,32,34,44,77-78,82-83H,3-17,19-25,27,29-31,33,35-43,45-76H2,1-2H3,(H,81,84)/b28-26-,34-32-,44-18-. The zero-order chi connectivity index (χ0) is 62.0. The zero-order valence-corrected chi connectivity index (χ0v) is 58.3. The highest BCUT2D eigenvalue weighted by atomic mass is 16.5. The van der Waals surface area contributed by atoms with Crippen molar-refractivity contribution in [3.05, 3.63) is 36.5 Å². The molecule has 0 aliphatic rings. The Kier molecular flexibility index (Phi) is 73.9. The molecule has 0 aromatic carbocycles. The number of hydrogen-bond acceptors (Lipinski definition) is 5. The lowest BCUT2D eigenvalue weighted by atomic mass is 10.0. The normalized spacial score (nSPS) is 12.7. The van der Waals surface area contributed by atoms with Crippen LogP contribution in [-0.2, 0) is 14.3 Å². The first-order chi connectivity index (χ1) is 42.5. The van der Waals surface area contributed by atoms with E-state index in [0.29, 0.717) is 25.9 Å². The van der Waals surface area contributed by atoms with Gasteiger partial charge in [0, 0.05) is 12.8 Å². The summed E-state index contributed by atoms with van der Waals surface area (Å²) in [5.41, 5.74) is 0. The van der Waals surface area contributed by atoms with Crippen molar-refractivity contribution in [1.29, 1.82) is 0 Å². The number of carbonyl (C=O) groups is 2. The number of unbranched alkanes of at least 4 members (excludes halogenated alkanes) is 57. The van der Waals surface area contributed by atoms with Crippen LogP contribution in [0.5, 0.6) is 0 Å². The Morgan fingerprint density at radius 2 is 0.581 bits per heavy atom. The summed E-state index contributed by atoms with van der Waals surface area (Å²) in [7, 11) is 0. The SMILES string of the molecule is CCCCCCCC/C=C\CCCCCCCC(=O)OCCCCCCCCCCC/C=C\C/C=C\CCCCCCCCCCCCCCCCCCCC(=O)NC(CO)C(O)CCCCCCCCCCCCCCCCCCCCCCC. The van der Waals surface area contributed by atoms with E-state index in [-0.39, 0.29) is 18.5 Å². The molecule has 2 unspecified atom stereocenters. The van der Waals surface area contributed by atoms with Gasteiger partial charge in [0.1, 0.15) is 0 Å². The molecule has 0 spiro atoms. The number of hydrogen-bond donors (Lipinski definition) is 3. The molecule has 0 aliphatic heterocycles. The molecule has 86 heavy (non-hydrogen) atoms. The topological polar surface area (TPSA) is 95.9 Å². The molecule has 0 aromatic heterocycles. The number of allylic oxidation sites excluding steroid dienone is 6. The summed E-state index contributed by atoms with van der Waals surface area (Å²) in [6.07, 6.45) is 98.0. The Balaban J connectivity index is 3.38. The molecule has 0 heterocycles. The summed E-state index contributed by atoms with van der Waals surface area (Å²) in [5.74, 6) is -0.0214. The predicted octanol–water partition coefficient (Wildman–Crippen LogP) is 25.8. The fourth-order valence-corrected chi connectivity index (χ4v) is 12.4. The zero-order valence-electron chi connectivity index (χ0n) is 58.3. The first-order valence-corrected chi connectivity index (χ1v) is 39.2. The number of esters is 1. The Morgan fingerprint density at radius 1 is 0.326 bits per heavy atom. The molecule has 508 valence electrons. The lowest BCUT2D eigenvalue weighted by molar-refractivity contribution is -0.143. The molecule has 0 saturated heterocycles. The monoisotopic (exact) mass is 1210 g/mol. The van der Waals surface area contributed by atoms with Crippen LogP contribution in [0.15, 0.2) is 36.5 Å². The minimum absolute atomic E-state index is 0.00695. The maximum atomic E-state index is 12.6. The van der Waals surface area contributed by atoms with Crippen molar-refractivity contribution in [2.45, 2.75) is 450 Å². The van der Waals surface area contributed by atoms with Crippen molar-refractivity contribution < 1.29 is 24.5 Å². The van der Waals surface area contributed by atoms with E-state index in [1.807, 2.05) is 0 Å². The fraction of sp³-hybridized carbons (Fsp3) is 0.900. The predicted molar refractivity (Wildman–Crippen MR) is 379 cm³/mol. The first kappa shape index (κ1) is 84.1. The van der Waals surface area contributed by atoms with Crippen LogP contribution in [0.1, 0.15) is 438 Å². The van der Waals surface area contributed by atoms with Crippen LogP contribution in [0.2, 0.25) is 0 Å². The van der Waals surface area contributed by atoms with Gasteiger partial charge in [0.25, 0.3) is 0 Å². The third-order valence-corrected chi connectivity index (χ3v) is 18.4. The highest BCUT2D eigenvalue weighted by Crippen LogP contribution is 2.19. The number of carbonyl (C=O) groups excluding carboxylic acids is 2. The Labute approximate surface area is 538 Å². The van der Waals surface area contributed by atoms with Gasteiger partial charge in [-0.25, -0.2) is 0 Å². The van der Waals surface area contributed by atoms with Crippen molar-refractivity contribution in [3.8, 4) is 0 Å².